The van der Waals surface area contributed by atoms with Crippen molar-refractivity contribution < 1.29 is 18.7 Å². The first-order chi connectivity index (χ1) is 16.0. The minimum absolute atomic E-state index is 0.0800. The van der Waals surface area contributed by atoms with Gasteiger partial charge in [-0.15, -0.1) is 11.3 Å². The number of rotatable bonds is 7. The van der Waals surface area contributed by atoms with Gasteiger partial charge >= 0.3 is 5.97 Å². The number of carbonyl (C=O) groups excluding carboxylic acids is 2. The Morgan fingerprint density at radius 1 is 1.24 bits per heavy atom. The molecule has 1 amide bonds. The smallest absolute Gasteiger partial charge is 0.309 e. The van der Waals surface area contributed by atoms with Crippen LogP contribution in [0, 0.1) is 12.8 Å². The minimum Gasteiger partial charge on any atom is -0.466 e. The maximum absolute atomic E-state index is 12.7. The van der Waals surface area contributed by atoms with E-state index in [0.29, 0.717) is 11.6 Å². The van der Waals surface area contributed by atoms with Gasteiger partial charge in [-0.05, 0) is 75.7 Å². The molecule has 1 fully saturated rings. The highest BCUT2D eigenvalue weighted by Gasteiger charge is 2.33. The SMILES string of the molecule is CCOC(=O)C1CCN([C@H](c2cccc(Cl)c2)c2cc(C)sc2NC(=O)c2ccco2)CC1. The third-order valence-electron chi connectivity index (χ3n) is 5.83. The molecule has 1 aliphatic heterocycles. The Hall–Kier alpha value is -2.61. The molecule has 0 aliphatic carbocycles. The summed E-state index contributed by atoms with van der Waals surface area (Å²) >= 11 is 7.89. The van der Waals surface area contributed by atoms with Crippen molar-refractivity contribution in [1.82, 2.24) is 4.90 Å². The Kier molecular flexibility index (Phi) is 7.53. The quantitative estimate of drug-likeness (QED) is 0.420. The average molecular weight is 487 g/mol. The van der Waals surface area contributed by atoms with E-state index in [-0.39, 0.29) is 29.6 Å². The van der Waals surface area contributed by atoms with Crippen LogP contribution in [-0.2, 0) is 9.53 Å². The highest BCUT2D eigenvalue weighted by molar-refractivity contribution is 7.16. The summed E-state index contributed by atoms with van der Waals surface area (Å²) in [7, 11) is 0. The van der Waals surface area contributed by atoms with Gasteiger partial charge in [-0.3, -0.25) is 14.5 Å². The van der Waals surface area contributed by atoms with Crippen LogP contribution in [-0.4, -0.2) is 36.5 Å². The molecule has 1 atom stereocenters. The summed E-state index contributed by atoms with van der Waals surface area (Å²) in [6.07, 6.45) is 2.94. The number of thiophene rings is 1. The first-order valence-corrected chi connectivity index (χ1v) is 12.3. The second-order valence-electron chi connectivity index (χ2n) is 8.09. The third kappa shape index (κ3) is 5.49. The first-order valence-electron chi connectivity index (χ1n) is 11.1. The first kappa shape index (κ1) is 23.5. The van der Waals surface area contributed by atoms with Gasteiger partial charge in [0.15, 0.2) is 5.76 Å². The zero-order valence-corrected chi connectivity index (χ0v) is 20.2. The van der Waals surface area contributed by atoms with E-state index in [1.165, 1.54) is 17.6 Å². The van der Waals surface area contributed by atoms with E-state index in [4.69, 9.17) is 20.8 Å². The zero-order valence-electron chi connectivity index (χ0n) is 18.7. The van der Waals surface area contributed by atoms with Crippen molar-refractivity contribution in [3.05, 3.63) is 75.5 Å². The number of esters is 1. The molecule has 0 spiro atoms. The lowest BCUT2D eigenvalue weighted by Gasteiger charge is -2.37. The molecule has 4 rings (SSSR count). The topological polar surface area (TPSA) is 71.8 Å². The van der Waals surface area contributed by atoms with E-state index < -0.39 is 0 Å². The zero-order chi connectivity index (χ0) is 23.4. The van der Waals surface area contributed by atoms with Crippen molar-refractivity contribution >= 4 is 39.8 Å². The van der Waals surface area contributed by atoms with Gasteiger partial charge in [0.05, 0.1) is 24.8 Å². The second kappa shape index (κ2) is 10.5. The molecule has 0 unspecified atom stereocenters. The van der Waals surface area contributed by atoms with Crippen molar-refractivity contribution in [2.75, 3.05) is 25.0 Å². The van der Waals surface area contributed by atoms with Crippen LogP contribution in [0.15, 0.2) is 53.1 Å². The highest BCUT2D eigenvalue weighted by atomic mass is 35.5. The Morgan fingerprint density at radius 3 is 2.70 bits per heavy atom. The van der Waals surface area contributed by atoms with Crippen molar-refractivity contribution in [3.8, 4) is 0 Å². The van der Waals surface area contributed by atoms with Crippen molar-refractivity contribution in [2.24, 2.45) is 5.92 Å². The third-order valence-corrected chi connectivity index (χ3v) is 7.05. The second-order valence-corrected chi connectivity index (χ2v) is 9.79. The highest BCUT2D eigenvalue weighted by Crippen LogP contribution is 2.41. The van der Waals surface area contributed by atoms with Gasteiger partial charge in [0.2, 0.25) is 0 Å². The predicted octanol–water partition coefficient (Wildman–Crippen LogP) is 5.92. The van der Waals surface area contributed by atoms with Gasteiger partial charge in [-0.25, -0.2) is 0 Å². The number of nitrogens with one attached hydrogen (secondary N) is 1. The molecule has 1 saturated heterocycles. The van der Waals surface area contributed by atoms with Crippen molar-refractivity contribution in [1.29, 1.82) is 0 Å². The number of nitrogens with zero attached hydrogens (tertiary/aromatic N) is 1. The fraction of sp³-hybridized carbons (Fsp3) is 0.360. The van der Waals surface area contributed by atoms with Gasteiger partial charge in [0.1, 0.15) is 5.00 Å². The van der Waals surface area contributed by atoms with Crippen LogP contribution < -0.4 is 5.32 Å². The number of furan rings is 1. The van der Waals surface area contributed by atoms with Crippen molar-refractivity contribution in [3.63, 3.8) is 0 Å². The van der Waals surface area contributed by atoms with E-state index in [1.54, 1.807) is 12.1 Å². The number of likely N-dealkylation sites (tertiary alicyclic amines) is 1. The average Bonchev–Trinajstić information content (AvgIpc) is 3.45. The number of benzene rings is 1. The van der Waals surface area contributed by atoms with Crippen LogP contribution in [0.4, 0.5) is 5.00 Å². The van der Waals surface area contributed by atoms with Gasteiger partial charge < -0.3 is 14.5 Å². The van der Waals surface area contributed by atoms with Crippen LogP contribution in [0.25, 0.3) is 0 Å². The van der Waals surface area contributed by atoms with E-state index in [9.17, 15) is 9.59 Å². The van der Waals surface area contributed by atoms with Gasteiger partial charge in [-0.2, -0.15) is 0 Å². The number of hydrogen-bond donors (Lipinski definition) is 1. The molecule has 3 heterocycles. The van der Waals surface area contributed by atoms with Crippen LogP contribution in [0.3, 0.4) is 0 Å². The van der Waals surface area contributed by atoms with Gasteiger partial charge in [0.25, 0.3) is 5.91 Å². The molecule has 0 radical (unpaired) electrons. The molecule has 174 valence electrons. The van der Waals surface area contributed by atoms with Gasteiger partial charge in [-0.1, -0.05) is 23.7 Å². The fourth-order valence-electron chi connectivity index (χ4n) is 4.32. The van der Waals surface area contributed by atoms with Crippen molar-refractivity contribution in [2.45, 2.75) is 32.7 Å². The van der Waals surface area contributed by atoms with E-state index in [2.05, 4.69) is 22.3 Å². The Balaban J connectivity index is 1.64. The summed E-state index contributed by atoms with van der Waals surface area (Å²) in [6, 6.07) is 13.2. The number of carbonyl (C=O) groups is 2. The molecule has 3 aromatic rings. The Bertz CT molecular complexity index is 1100. The number of amides is 1. The van der Waals surface area contributed by atoms with E-state index in [0.717, 1.165) is 46.9 Å². The summed E-state index contributed by atoms with van der Waals surface area (Å²) in [4.78, 5) is 28.4. The van der Waals surface area contributed by atoms with Gasteiger partial charge in [0, 0.05) is 15.5 Å². The summed E-state index contributed by atoms with van der Waals surface area (Å²) < 4.78 is 10.5. The molecule has 1 aromatic carbocycles. The largest absolute Gasteiger partial charge is 0.466 e. The van der Waals surface area contributed by atoms with Crippen LogP contribution in [0.2, 0.25) is 5.02 Å². The lowest BCUT2D eigenvalue weighted by molar-refractivity contribution is -0.149. The fourth-order valence-corrected chi connectivity index (χ4v) is 5.46. The molecule has 8 heteroatoms. The number of aryl methyl sites for hydroxylation is 1. The lowest BCUT2D eigenvalue weighted by Crippen LogP contribution is -2.39. The Labute approximate surface area is 202 Å². The molecule has 33 heavy (non-hydrogen) atoms. The lowest BCUT2D eigenvalue weighted by atomic mass is 9.91. The van der Waals surface area contributed by atoms with E-state index in [1.807, 2.05) is 32.0 Å². The van der Waals surface area contributed by atoms with Crippen LogP contribution in [0.1, 0.15) is 52.4 Å². The molecular formula is C25H27ClN2O4S. The number of ether oxygens (including phenoxy) is 1. The molecule has 0 bridgehead atoms. The standard InChI is InChI=1S/C25H27ClN2O4S/c1-3-31-25(30)17-9-11-28(12-10-17)22(18-6-4-7-19(26)15-18)20-14-16(2)33-24(20)27-23(29)21-8-5-13-32-21/h4-8,13-15,17,22H,3,9-12H2,1-2H3,(H,27,29)/t22-/m1/s1. The molecule has 0 saturated carbocycles. The van der Waals surface area contributed by atoms with Crippen LogP contribution >= 0.6 is 22.9 Å². The molecule has 1 aliphatic rings. The summed E-state index contributed by atoms with van der Waals surface area (Å²) in [5.41, 5.74) is 2.05. The number of anilines is 1. The normalized spacial score (nSPS) is 15.8. The monoisotopic (exact) mass is 486 g/mol. The maximum Gasteiger partial charge on any atom is 0.309 e. The summed E-state index contributed by atoms with van der Waals surface area (Å²) in [6.45, 7) is 5.73. The van der Waals surface area contributed by atoms with Crippen LogP contribution in [0.5, 0.6) is 0 Å². The number of piperidine rings is 1. The molecule has 6 nitrogen and oxygen atoms in total. The maximum atomic E-state index is 12.7. The summed E-state index contributed by atoms with van der Waals surface area (Å²) in [5.74, 6) is -0.215. The van der Waals surface area contributed by atoms with E-state index >= 15 is 0 Å². The molecule has 1 N–H and O–H groups in total. The minimum atomic E-state index is -0.283. The number of halogens is 1. The predicted molar refractivity (Wildman–Crippen MR) is 130 cm³/mol. The molecule has 2 aromatic heterocycles. The Morgan fingerprint density at radius 2 is 2.03 bits per heavy atom. The number of hydrogen-bond acceptors (Lipinski definition) is 6. The summed E-state index contributed by atoms with van der Waals surface area (Å²) in [5, 5.41) is 4.48. The molecular weight excluding hydrogens is 460 g/mol.